The molecule has 4 nitrogen and oxygen atoms in total. The summed E-state index contributed by atoms with van der Waals surface area (Å²) >= 11 is 0. The third kappa shape index (κ3) is 17.6. The van der Waals surface area contributed by atoms with E-state index in [0.29, 0.717) is 6.42 Å². The van der Waals surface area contributed by atoms with Gasteiger partial charge in [0.2, 0.25) is 0 Å². The molecule has 2 N–H and O–H groups in total. The second-order valence-corrected chi connectivity index (χ2v) is 1.53. The number of carbonyl (C=O) groups is 1. The number of hydrogen-bond acceptors (Lipinski definition) is 4. The normalized spacial score (nSPS) is 7.55. The van der Waals surface area contributed by atoms with Gasteiger partial charge in [0.25, 0.3) is 0 Å². The zero-order valence-corrected chi connectivity index (χ0v) is 6.62. The third-order valence-electron chi connectivity index (χ3n) is 0.684. The number of aliphatic hydroxyl groups is 2. The van der Waals surface area contributed by atoms with Crippen LogP contribution in [0, 0.1) is 0 Å². The second kappa shape index (κ2) is 11.9. The Morgan fingerprint density at radius 2 is 2.00 bits per heavy atom. The van der Waals surface area contributed by atoms with E-state index in [-0.39, 0.29) is 13.2 Å². The van der Waals surface area contributed by atoms with Gasteiger partial charge in [-0.25, -0.2) is 4.79 Å². The molecule has 0 bridgehead atoms. The number of aliphatic hydroxyl groups excluding tert-OH is 2. The number of ether oxygens (including phenoxy) is 1. The average molecular weight is 162 g/mol. The van der Waals surface area contributed by atoms with Gasteiger partial charge in [0.1, 0.15) is 0 Å². The largest absolute Gasteiger partial charge is 0.466 e. The first-order valence-corrected chi connectivity index (χ1v) is 3.15. The lowest BCUT2D eigenvalue weighted by molar-refractivity contribution is -0.134. The summed E-state index contributed by atoms with van der Waals surface area (Å²) < 4.78 is 4.14. The zero-order chi connectivity index (χ0) is 9.11. The molecule has 0 spiro atoms. The first kappa shape index (κ1) is 12.8. The van der Waals surface area contributed by atoms with Crippen LogP contribution in [0.1, 0.15) is 6.42 Å². The molecule has 0 aromatic rings. The summed E-state index contributed by atoms with van der Waals surface area (Å²) in [5, 5.41) is 15.8. The molecular formula is C7H14O4. The maximum absolute atomic E-state index is 9.84. The van der Waals surface area contributed by atoms with Crippen molar-refractivity contribution < 1.29 is 19.7 Å². The molecule has 0 heterocycles. The Morgan fingerprint density at radius 3 is 2.00 bits per heavy atom. The lowest BCUT2D eigenvalue weighted by atomic mass is 10.5. The zero-order valence-electron chi connectivity index (χ0n) is 6.62. The van der Waals surface area contributed by atoms with E-state index >= 15 is 0 Å². The molecule has 0 radical (unpaired) electrons. The van der Waals surface area contributed by atoms with Crippen molar-refractivity contribution in [1.82, 2.24) is 0 Å². The van der Waals surface area contributed by atoms with E-state index in [4.69, 9.17) is 10.2 Å². The van der Waals surface area contributed by atoms with Gasteiger partial charge >= 0.3 is 5.97 Å². The molecule has 0 aromatic carbocycles. The van der Waals surface area contributed by atoms with Crippen molar-refractivity contribution >= 4 is 5.97 Å². The molecule has 0 aromatic heterocycles. The third-order valence-corrected chi connectivity index (χ3v) is 0.684. The Hall–Kier alpha value is -0.870. The fraction of sp³-hybridized carbons (Fsp3) is 0.571. The highest BCUT2D eigenvalue weighted by atomic mass is 16.5. The van der Waals surface area contributed by atoms with Crippen molar-refractivity contribution in [3.63, 3.8) is 0 Å². The highest BCUT2D eigenvalue weighted by Gasteiger charge is 1.81. The first-order valence-electron chi connectivity index (χ1n) is 3.15. The minimum absolute atomic E-state index is 0.0938. The Balaban J connectivity index is 0. The number of rotatable bonds is 3. The van der Waals surface area contributed by atoms with Crippen LogP contribution in [0.5, 0.6) is 0 Å². The minimum Gasteiger partial charge on any atom is -0.466 e. The first-order chi connectivity index (χ1) is 5.22. The predicted octanol–water partition coefficient (Wildman–Crippen LogP) is -0.294. The highest BCUT2D eigenvalue weighted by molar-refractivity contribution is 5.80. The van der Waals surface area contributed by atoms with Crippen LogP contribution in [0.4, 0.5) is 0 Å². The Bertz CT molecular complexity index is 98.6. The maximum atomic E-state index is 9.84. The molecule has 0 saturated carbocycles. The molecule has 0 aliphatic heterocycles. The minimum atomic E-state index is -0.394. The van der Waals surface area contributed by atoms with E-state index in [0.717, 1.165) is 6.08 Å². The van der Waals surface area contributed by atoms with Gasteiger partial charge in [0.15, 0.2) is 0 Å². The van der Waals surface area contributed by atoms with Crippen LogP contribution >= 0.6 is 0 Å². The smallest absolute Gasteiger partial charge is 0.329 e. The van der Waals surface area contributed by atoms with E-state index in [1.54, 1.807) is 0 Å². The number of esters is 1. The molecular weight excluding hydrogens is 148 g/mol. The lowest BCUT2D eigenvalue weighted by Gasteiger charge is -1.83. The molecule has 11 heavy (non-hydrogen) atoms. The van der Waals surface area contributed by atoms with Gasteiger partial charge in [0, 0.05) is 19.3 Å². The van der Waals surface area contributed by atoms with E-state index in [1.165, 1.54) is 7.11 Å². The van der Waals surface area contributed by atoms with E-state index in [9.17, 15) is 4.79 Å². The lowest BCUT2D eigenvalue weighted by Crippen LogP contribution is -1.91. The molecule has 0 fully saturated rings. The Kier molecular flexibility index (Phi) is 13.8. The molecule has 0 unspecified atom stereocenters. The van der Waals surface area contributed by atoms with Gasteiger partial charge in [-0.15, -0.1) is 0 Å². The van der Waals surface area contributed by atoms with Crippen LogP contribution in [0.3, 0.4) is 0 Å². The van der Waals surface area contributed by atoms with Gasteiger partial charge in [-0.1, -0.05) is 6.58 Å². The number of hydrogen-bond donors (Lipinski definition) is 2. The molecule has 4 heteroatoms. The van der Waals surface area contributed by atoms with E-state index < -0.39 is 5.97 Å². The van der Waals surface area contributed by atoms with Gasteiger partial charge in [-0.2, -0.15) is 0 Å². The summed E-state index contributed by atoms with van der Waals surface area (Å²) in [4.78, 5) is 9.84. The van der Waals surface area contributed by atoms with Gasteiger partial charge in [0.05, 0.1) is 7.11 Å². The van der Waals surface area contributed by atoms with Crippen molar-refractivity contribution in [2.24, 2.45) is 0 Å². The van der Waals surface area contributed by atoms with Gasteiger partial charge in [-0.05, 0) is 6.42 Å². The fourth-order valence-corrected chi connectivity index (χ4v) is 0.154. The van der Waals surface area contributed by atoms with Crippen molar-refractivity contribution in [3.05, 3.63) is 12.7 Å². The van der Waals surface area contributed by atoms with Crippen LogP contribution < -0.4 is 0 Å². The van der Waals surface area contributed by atoms with Crippen LogP contribution in [0.2, 0.25) is 0 Å². The summed E-state index contributed by atoms with van der Waals surface area (Å²) in [5.74, 6) is -0.394. The Labute approximate surface area is 66.1 Å². The molecule has 0 amide bonds. The summed E-state index contributed by atoms with van der Waals surface area (Å²) in [5.41, 5.74) is 0. The molecule has 66 valence electrons. The van der Waals surface area contributed by atoms with Crippen LogP contribution in [-0.2, 0) is 9.53 Å². The molecule has 0 saturated heterocycles. The Morgan fingerprint density at radius 1 is 1.55 bits per heavy atom. The van der Waals surface area contributed by atoms with Gasteiger partial charge < -0.3 is 14.9 Å². The van der Waals surface area contributed by atoms with Crippen LogP contribution in [0.15, 0.2) is 12.7 Å². The van der Waals surface area contributed by atoms with Crippen molar-refractivity contribution in [3.8, 4) is 0 Å². The quantitative estimate of drug-likeness (QED) is 0.442. The van der Waals surface area contributed by atoms with E-state index in [1.807, 2.05) is 0 Å². The van der Waals surface area contributed by atoms with Crippen molar-refractivity contribution in [2.45, 2.75) is 6.42 Å². The standard InChI is InChI=1S/C4H6O2.C3H8O2/c1-3-4(5)6-2;4-2-1-3-5/h3H,1H2,2H3;4-5H,1-3H2. The number of methoxy groups -OCH3 is 1. The second-order valence-electron chi connectivity index (χ2n) is 1.53. The average Bonchev–Trinajstić information content (AvgIpc) is 2.06. The summed E-state index contributed by atoms with van der Waals surface area (Å²) in [6.07, 6.45) is 1.61. The van der Waals surface area contributed by atoms with Crippen molar-refractivity contribution in [2.75, 3.05) is 20.3 Å². The number of carbonyl (C=O) groups excluding carboxylic acids is 1. The van der Waals surface area contributed by atoms with Crippen molar-refractivity contribution in [1.29, 1.82) is 0 Å². The maximum Gasteiger partial charge on any atom is 0.329 e. The van der Waals surface area contributed by atoms with Crippen LogP contribution in [-0.4, -0.2) is 36.5 Å². The van der Waals surface area contributed by atoms with E-state index in [2.05, 4.69) is 11.3 Å². The molecule has 0 rings (SSSR count). The van der Waals surface area contributed by atoms with Gasteiger partial charge in [-0.3, -0.25) is 0 Å². The monoisotopic (exact) mass is 162 g/mol. The highest BCUT2D eigenvalue weighted by Crippen LogP contribution is 1.67. The predicted molar refractivity (Wildman–Crippen MR) is 41.0 cm³/mol. The summed E-state index contributed by atoms with van der Waals surface area (Å²) in [7, 11) is 1.31. The topological polar surface area (TPSA) is 66.8 Å². The molecule has 0 aliphatic carbocycles. The molecule has 0 aliphatic rings. The summed E-state index contributed by atoms with van der Waals surface area (Å²) in [6.45, 7) is 3.34. The SMILES string of the molecule is C=CC(=O)OC.OCCCO. The molecule has 0 atom stereocenters. The fourth-order valence-electron chi connectivity index (χ4n) is 0.154. The summed E-state index contributed by atoms with van der Waals surface area (Å²) in [6, 6.07) is 0. The van der Waals surface area contributed by atoms with Crippen LogP contribution in [0.25, 0.3) is 0 Å².